The summed E-state index contributed by atoms with van der Waals surface area (Å²) in [5.74, 6) is -0.531. The van der Waals surface area contributed by atoms with Crippen LogP contribution in [0, 0.1) is 10.1 Å². The number of pyridine rings is 1. The van der Waals surface area contributed by atoms with Crippen molar-refractivity contribution in [1.29, 1.82) is 0 Å². The Bertz CT molecular complexity index is 915. The highest BCUT2D eigenvalue weighted by molar-refractivity contribution is 6.13. The molecule has 3 aromatic rings. The highest BCUT2D eigenvalue weighted by atomic mass is 16.6. The zero-order chi connectivity index (χ0) is 18.4. The fourth-order valence-electron chi connectivity index (χ4n) is 2.33. The molecule has 0 saturated heterocycles. The van der Waals surface area contributed by atoms with Crippen molar-refractivity contribution in [3.63, 3.8) is 0 Å². The van der Waals surface area contributed by atoms with Gasteiger partial charge in [-0.2, -0.15) is 5.10 Å². The van der Waals surface area contributed by atoms with Crippen LogP contribution in [0.5, 0.6) is 0 Å². The van der Waals surface area contributed by atoms with E-state index in [9.17, 15) is 14.9 Å². The van der Waals surface area contributed by atoms with Gasteiger partial charge in [0.1, 0.15) is 0 Å². The van der Waals surface area contributed by atoms with Crippen LogP contribution in [0.4, 0.5) is 5.69 Å². The summed E-state index contributed by atoms with van der Waals surface area (Å²) in [6, 6.07) is 18.4. The molecule has 1 amide bonds. The number of nitrogens with one attached hydrogen (secondary N) is 1. The van der Waals surface area contributed by atoms with Crippen molar-refractivity contribution < 1.29 is 9.72 Å². The second-order valence-electron chi connectivity index (χ2n) is 5.31. The third-order valence-electron chi connectivity index (χ3n) is 3.59. The number of carbonyl (C=O) groups is 1. The molecule has 1 heterocycles. The van der Waals surface area contributed by atoms with Crippen molar-refractivity contribution in [3.8, 4) is 0 Å². The third kappa shape index (κ3) is 3.96. The Kier molecular flexibility index (Phi) is 5.09. The van der Waals surface area contributed by atoms with Crippen LogP contribution in [-0.2, 0) is 0 Å². The van der Waals surface area contributed by atoms with Crippen molar-refractivity contribution in [2.45, 2.75) is 0 Å². The van der Waals surface area contributed by atoms with Crippen molar-refractivity contribution in [2.24, 2.45) is 5.10 Å². The third-order valence-corrected chi connectivity index (χ3v) is 3.59. The van der Waals surface area contributed by atoms with Crippen molar-refractivity contribution in [3.05, 3.63) is 106 Å². The van der Waals surface area contributed by atoms with Gasteiger partial charge in [0.25, 0.3) is 11.6 Å². The molecule has 26 heavy (non-hydrogen) atoms. The Balaban J connectivity index is 1.91. The van der Waals surface area contributed by atoms with Gasteiger partial charge in [0.15, 0.2) is 0 Å². The lowest BCUT2D eigenvalue weighted by Gasteiger charge is -2.08. The van der Waals surface area contributed by atoms with E-state index in [1.54, 1.807) is 24.5 Å². The average molecular weight is 346 g/mol. The minimum Gasteiger partial charge on any atom is -0.267 e. The molecule has 0 fully saturated rings. The minimum atomic E-state index is -0.549. The number of hydrazone groups is 1. The second-order valence-corrected chi connectivity index (χ2v) is 5.31. The van der Waals surface area contributed by atoms with E-state index in [2.05, 4.69) is 15.5 Å². The SMILES string of the molecule is O=C(NN=C(c1ccccc1)c1ccncc1)c1cccc([N+](=O)[O-])c1. The number of nitro benzene ring substituents is 1. The van der Waals surface area contributed by atoms with Crippen molar-refractivity contribution in [1.82, 2.24) is 10.4 Å². The Labute approximate surface area is 149 Å². The van der Waals surface area contributed by atoms with Gasteiger partial charge in [-0.3, -0.25) is 19.9 Å². The standard InChI is InChI=1S/C19H14N4O3/c24-19(16-7-4-8-17(13-16)23(25)26)22-21-18(14-5-2-1-3-6-14)15-9-11-20-12-10-15/h1-13H,(H,22,24). The molecule has 0 aliphatic carbocycles. The molecule has 128 valence electrons. The molecule has 0 saturated carbocycles. The molecular formula is C19H14N4O3. The Morgan fingerprint density at radius 2 is 1.58 bits per heavy atom. The van der Waals surface area contributed by atoms with Crippen LogP contribution in [0.25, 0.3) is 0 Å². The molecule has 3 rings (SSSR count). The van der Waals surface area contributed by atoms with Gasteiger partial charge in [-0.15, -0.1) is 0 Å². The number of nitrogens with zero attached hydrogens (tertiary/aromatic N) is 3. The topological polar surface area (TPSA) is 97.5 Å². The summed E-state index contributed by atoms with van der Waals surface area (Å²) in [6.07, 6.45) is 3.27. The largest absolute Gasteiger partial charge is 0.271 e. The van der Waals surface area contributed by atoms with E-state index in [1.807, 2.05) is 30.3 Å². The molecule has 7 nitrogen and oxygen atoms in total. The van der Waals surface area contributed by atoms with E-state index in [0.717, 1.165) is 11.1 Å². The molecule has 0 unspecified atom stereocenters. The van der Waals surface area contributed by atoms with E-state index in [0.29, 0.717) is 5.71 Å². The highest BCUT2D eigenvalue weighted by Crippen LogP contribution is 2.13. The van der Waals surface area contributed by atoms with Gasteiger partial charge in [0.2, 0.25) is 0 Å². The fourth-order valence-corrected chi connectivity index (χ4v) is 2.33. The number of amides is 1. The predicted molar refractivity (Wildman–Crippen MR) is 96.9 cm³/mol. The lowest BCUT2D eigenvalue weighted by atomic mass is 10.0. The van der Waals surface area contributed by atoms with E-state index in [-0.39, 0.29) is 11.3 Å². The number of rotatable bonds is 5. The maximum Gasteiger partial charge on any atom is 0.271 e. The number of aromatic nitrogens is 1. The molecule has 2 aromatic carbocycles. The summed E-state index contributed by atoms with van der Waals surface area (Å²) in [7, 11) is 0. The Morgan fingerprint density at radius 3 is 2.27 bits per heavy atom. The molecule has 0 atom stereocenters. The first-order valence-corrected chi connectivity index (χ1v) is 7.73. The van der Waals surface area contributed by atoms with Crippen LogP contribution in [0.15, 0.2) is 84.2 Å². The van der Waals surface area contributed by atoms with Crippen LogP contribution in [0.2, 0.25) is 0 Å². The molecule has 7 heteroatoms. The molecule has 0 aliphatic heterocycles. The highest BCUT2D eigenvalue weighted by Gasteiger charge is 2.12. The summed E-state index contributed by atoms with van der Waals surface area (Å²) in [4.78, 5) is 26.6. The van der Waals surface area contributed by atoms with Gasteiger partial charge < -0.3 is 0 Å². The van der Waals surface area contributed by atoms with Gasteiger partial charge >= 0.3 is 0 Å². The number of non-ortho nitro benzene ring substituents is 1. The average Bonchev–Trinajstić information content (AvgIpc) is 2.69. The first-order valence-electron chi connectivity index (χ1n) is 7.73. The molecule has 0 spiro atoms. The van der Waals surface area contributed by atoms with E-state index in [1.165, 1.54) is 24.3 Å². The molecule has 0 radical (unpaired) electrons. The number of hydrogen-bond donors (Lipinski definition) is 1. The smallest absolute Gasteiger partial charge is 0.267 e. The quantitative estimate of drug-likeness (QED) is 0.436. The Morgan fingerprint density at radius 1 is 0.923 bits per heavy atom. The van der Waals surface area contributed by atoms with Crippen LogP contribution in [0.3, 0.4) is 0 Å². The summed E-state index contributed by atoms with van der Waals surface area (Å²) in [5, 5.41) is 15.1. The summed E-state index contributed by atoms with van der Waals surface area (Å²) in [6.45, 7) is 0. The van der Waals surface area contributed by atoms with Crippen LogP contribution in [-0.4, -0.2) is 21.5 Å². The lowest BCUT2D eigenvalue weighted by molar-refractivity contribution is -0.384. The van der Waals surface area contributed by atoms with Gasteiger partial charge in [-0.05, 0) is 18.2 Å². The van der Waals surface area contributed by atoms with E-state index < -0.39 is 10.8 Å². The summed E-state index contributed by atoms with van der Waals surface area (Å²) in [5.41, 5.74) is 4.63. The first-order chi connectivity index (χ1) is 12.6. The number of carbonyl (C=O) groups excluding carboxylic acids is 1. The maximum atomic E-state index is 12.3. The molecule has 1 N–H and O–H groups in total. The van der Waals surface area contributed by atoms with E-state index >= 15 is 0 Å². The monoisotopic (exact) mass is 346 g/mol. The zero-order valence-electron chi connectivity index (χ0n) is 13.6. The lowest BCUT2D eigenvalue weighted by Crippen LogP contribution is -2.20. The molecule has 1 aromatic heterocycles. The van der Waals surface area contributed by atoms with Crippen LogP contribution >= 0.6 is 0 Å². The number of hydrogen-bond acceptors (Lipinski definition) is 5. The van der Waals surface area contributed by atoms with Crippen LogP contribution < -0.4 is 5.43 Å². The van der Waals surface area contributed by atoms with E-state index in [4.69, 9.17) is 0 Å². The fraction of sp³-hybridized carbons (Fsp3) is 0. The predicted octanol–water partition coefficient (Wildman–Crippen LogP) is 3.17. The molecular weight excluding hydrogens is 332 g/mol. The number of nitro groups is 1. The first kappa shape index (κ1) is 17.0. The second kappa shape index (κ2) is 7.80. The van der Waals surface area contributed by atoms with Gasteiger partial charge in [0.05, 0.1) is 10.6 Å². The van der Waals surface area contributed by atoms with Gasteiger partial charge in [-0.25, -0.2) is 5.43 Å². The van der Waals surface area contributed by atoms with Crippen LogP contribution in [0.1, 0.15) is 21.5 Å². The van der Waals surface area contributed by atoms with Gasteiger partial charge in [0, 0.05) is 41.2 Å². The number of benzene rings is 2. The van der Waals surface area contributed by atoms with Crippen molar-refractivity contribution >= 4 is 17.3 Å². The van der Waals surface area contributed by atoms with Gasteiger partial charge in [-0.1, -0.05) is 36.4 Å². The Hall–Kier alpha value is -3.87. The maximum absolute atomic E-state index is 12.3. The summed E-state index contributed by atoms with van der Waals surface area (Å²) >= 11 is 0. The molecule has 0 aliphatic rings. The molecule has 0 bridgehead atoms. The zero-order valence-corrected chi connectivity index (χ0v) is 13.6. The minimum absolute atomic E-state index is 0.154. The van der Waals surface area contributed by atoms with Crippen molar-refractivity contribution in [2.75, 3.05) is 0 Å². The normalized spacial score (nSPS) is 11.0. The summed E-state index contributed by atoms with van der Waals surface area (Å²) < 4.78 is 0.